The maximum Gasteiger partial charge on any atom is 0.166 e. The zero-order chi connectivity index (χ0) is 26.9. The summed E-state index contributed by atoms with van der Waals surface area (Å²) >= 11 is 0. The SMILES string of the molecule is C/C=C/C1CCC(c2ccc(-c3ccc(-c4ccc(CCCCCCCC)c(F)c4F)cc3)cc2F)CC1. The van der Waals surface area contributed by atoms with Crippen molar-refractivity contribution in [2.24, 2.45) is 5.92 Å². The summed E-state index contributed by atoms with van der Waals surface area (Å²) in [7, 11) is 0. The van der Waals surface area contributed by atoms with Crippen LogP contribution >= 0.6 is 0 Å². The zero-order valence-electron chi connectivity index (χ0n) is 22.9. The van der Waals surface area contributed by atoms with Gasteiger partial charge in [-0.25, -0.2) is 13.2 Å². The van der Waals surface area contributed by atoms with Crippen molar-refractivity contribution in [1.29, 1.82) is 0 Å². The lowest BCUT2D eigenvalue weighted by Gasteiger charge is -2.27. The molecule has 38 heavy (non-hydrogen) atoms. The Kier molecular flexibility index (Phi) is 10.3. The smallest absolute Gasteiger partial charge is 0.166 e. The van der Waals surface area contributed by atoms with Crippen molar-refractivity contribution in [3.8, 4) is 22.3 Å². The second-order valence-corrected chi connectivity index (χ2v) is 10.9. The molecule has 0 spiro atoms. The number of hydrogen-bond donors (Lipinski definition) is 0. The number of benzene rings is 3. The zero-order valence-corrected chi connectivity index (χ0v) is 22.9. The quantitative estimate of drug-likeness (QED) is 0.175. The molecule has 0 radical (unpaired) electrons. The normalized spacial score (nSPS) is 17.8. The van der Waals surface area contributed by atoms with Gasteiger partial charge >= 0.3 is 0 Å². The van der Waals surface area contributed by atoms with Crippen molar-refractivity contribution >= 4 is 0 Å². The van der Waals surface area contributed by atoms with E-state index < -0.39 is 11.6 Å². The van der Waals surface area contributed by atoms with Crippen molar-refractivity contribution in [1.82, 2.24) is 0 Å². The van der Waals surface area contributed by atoms with E-state index in [0.29, 0.717) is 23.5 Å². The molecule has 4 rings (SSSR count). The van der Waals surface area contributed by atoms with Crippen molar-refractivity contribution in [3.05, 3.63) is 95.3 Å². The fourth-order valence-corrected chi connectivity index (χ4v) is 5.88. The summed E-state index contributed by atoms with van der Waals surface area (Å²) in [6, 6.07) is 16.2. The number of allylic oxidation sites excluding steroid dienone is 2. The van der Waals surface area contributed by atoms with E-state index in [-0.39, 0.29) is 17.3 Å². The molecule has 0 saturated heterocycles. The van der Waals surface area contributed by atoms with Gasteiger partial charge in [0.25, 0.3) is 0 Å². The van der Waals surface area contributed by atoms with Gasteiger partial charge in [0.15, 0.2) is 11.6 Å². The topological polar surface area (TPSA) is 0 Å². The van der Waals surface area contributed by atoms with Crippen LogP contribution in [0.4, 0.5) is 13.2 Å². The predicted molar refractivity (Wildman–Crippen MR) is 154 cm³/mol. The molecule has 3 aromatic carbocycles. The summed E-state index contributed by atoms with van der Waals surface area (Å²) < 4.78 is 44.9. The Morgan fingerprint density at radius 2 is 1.37 bits per heavy atom. The van der Waals surface area contributed by atoms with Crippen molar-refractivity contribution in [2.75, 3.05) is 0 Å². The Balaban J connectivity index is 1.41. The standard InChI is InChI=1S/C35H41F3/c1-3-5-6-7-8-9-11-29-20-23-32(35(38)34(29)37)28-18-16-26(17-19-28)30-21-22-31(33(36)24-30)27-14-12-25(10-4-2)13-15-27/h4,10,16-25,27H,3,5-9,11-15H2,1-2H3/b10-4+. The first kappa shape index (κ1) is 28.2. The second-order valence-electron chi connectivity index (χ2n) is 10.9. The van der Waals surface area contributed by atoms with Crippen LogP contribution in [-0.2, 0) is 6.42 Å². The number of hydrogen-bond acceptors (Lipinski definition) is 0. The van der Waals surface area contributed by atoms with Crippen LogP contribution in [0, 0.1) is 23.4 Å². The molecular formula is C35H41F3. The minimum Gasteiger partial charge on any atom is -0.207 e. The van der Waals surface area contributed by atoms with Crippen LogP contribution in [0.1, 0.15) is 95.1 Å². The van der Waals surface area contributed by atoms with Gasteiger partial charge in [-0.1, -0.05) is 99.7 Å². The number of halogens is 3. The summed E-state index contributed by atoms with van der Waals surface area (Å²) in [6.45, 7) is 4.24. The molecule has 0 nitrogen and oxygen atoms in total. The fraction of sp³-hybridized carbons (Fsp3) is 0.429. The van der Waals surface area contributed by atoms with Gasteiger partial charge in [0, 0.05) is 5.56 Å². The summed E-state index contributed by atoms with van der Waals surface area (Å²) in [5, 5.41) is 0. The van der Waals surface area contributed by atoms with Gasteiger partial charge in [-0.2, -0.15) is 0 Å². The van der Waals surface area contributed by atoms with Crippen LogP contribution in [0.5, 0.6) is 0 Å². The Bertz CT molecular complexity index is 1200. The first-order chi connectivity index (χ1) is 18.5. The van der Waals surface area contributed by atoms with Gasteiger partial charge in [-0.05, 0) is 91.2 Å². The average Bonchev–Trinajstić information content (AvgIpc) is 2.94. The number of aryl methyl sites for hydroxylation is 1. The van der Waals surface area contributed by atoms with E-state index in [1.54, 1.807) is 30.3 Å². The van der Waals surface area contributed by atoms with E-state index in [0.717, 1.165) is 61.6 Å². The van der Waals surface area contributed by atoms with E-state index in [1.807, 2.05) is 24.3 Å². The molecule has 1 fully saturated rings. The van der Waals surface area contributed by atoms with Crippen molar-refractivity contribution in [2.45, 2.75) is 90.4 Å². The molecule has 1 saturated carbocycles. The maximum absolute atomic E-state index is 15.1. The lowest BCUT2D eigenvalue weighted by molar-refractivity contribution is 0.368. The highest BCUT2D eigenvalue weighted by Crippen LogP contribution is 2.38. The third-order valence-corrected chi connectivity index (χ3v) is 8.17. The Hall–Kier alpha value is -2.81. The molecule has 1 aliphatic rings. The van der Waals surface area contributed by atoms with Crippen LogP contribution in [0.3, 0.4) is 0 Å². The first-order valence-electron chi connectivity index (χ1n) is 14.5. The maximum atomic E-state index is 15.1. The molecule has 202 valence electrons. The number of rotatable bonds is 11. The fourth-order valence-electron chi connectivity index (χ4n) is 5.88. The first-order valence-corrected chi connectivity index (χ1v) is 14.5. The molecule has 1 aliphatic carbocycles. The number of unbranched alkanes of at least 4 members (excludes halogenated alkanes) is 5. The van der Waals surface area contributed by atoms with Crippen LogP contribution in [0.15, 0.2) is 66.7 Å². The molecule has 3 aromatic rings. The summed E-state index contributed by atoms with van der Waals surface area (Å²) in [6.07, 6.45) is 15.9. The Morgan fingerprint density at radius 1 is 0.711 bits per heavy atom. The van der Waals surface area contributed by atoms with E-state index >= 15 is 4.39 Å². The highest BCUT2D eigenvalue weighted by molar-refractivity contribution is 5.71. The van der Waals surface area contributed by atoms with Crippen LogP contribution in [-0.4, -0.2) is 0 Å². The van der Waals surface area contributed by atoms with Crippen LogP contribution in [0.2, 0.25) is 0 Å². The lowest BCUT2D eigenvalue weighted by Crippen LogP contribution is -2.12. The summed E-state index contributed by atoms with van der Waals surface area (Å²) in [4.78, 5) is 0. The van der Waals surface area contributed by atoms with Gasteiger partial charge < -0.3 is 0 Å². The minimum atomic E-state index is -0.791. The monoisotopic (exact) mass is 518 g/mol. The van der Waals surface area contributed by atoms with E-state index in [4.69, 9.17) is 0 Å². The Morgan fingerprint density at radius 3 is 2.05 bits per heavy atom. The van der Waals surface area contributed by atoms with Gasteiger partial charge in [0.05, 0.1) is 0 Å². The third kappa shape index (κ3) is 6.98. The highest BCUT2D eigenvalue weighted by atomic mass is 19.2. The molecule has 0 N–H and O–H groups in total. The van der Waals surface area contributed by atoms with Crippen LogP contribution < -0.4 is 0 Å². The van der Waals surface area contributed by atoms with E-state index in [9.17, 15) is 8.78 Å². The highest BCUT2D eigenvalue weighted by Gasteiger charge is 2.23. The minimum absolute atomic E-state index is 0.157. The third-order valence-electron chi connectivity index (χ3n) is 8.17. The molecule has 0 aliphatic heterocycles. The molecular weight excluding hydrogens is 477 g/mol. The molecule has 3 heteroatoms. The summed E-state index contributed by atoms with van der Waals surface area (Å²) in [5.41, 5.74) is 3.78. The van der Waals surface area contributed by atoms with Gasteiger partial charge in [-0.15, -0.1) is 0 Å². The molecule has 0 aromatic heterocycles. The van der Waals surface area contributed by atoms with Crippen molar-refractivity contribution in [3.63, 3.8) is 0 Å². The van der Waals surface area contributed by atoms with Gasteiger partial charge in [-0.3, -0.25) is 0 Å². The Labute approximate surface area is 227 Å². The van der Waals surface area contributed by atoms with Gasteiger partial charge in [0.1, 0.15) is 5.82 Å². The lowest BCUT2D eigenvalue weighted by atomic mass is 9.78. The van der Waals surface area contributed by atoms with Gasteiger partial charge in [0.2, 0.25) is 0 Å². The van der Waals surface area contributed by atoms with Crippen LogP contribution in [0.25, 0.3) is 22.3 Å². The average molecular weight is 519 g/mol. The van der Waals surface area contributed by atoms with E-state index in [2.05, 4.69) is 26.0 Å². The molecule has 0 unspecified atom stereocenters. The second kappa shape index (κ2) is 13.8. The van der Waals surface area contributed by atoms with E-state index in [1.165, 1.54) is 19.3 Å². The molecule has 0 bridgehead atoms. The predicted octanol–water partition coefficient (Wildman–Crippen LogP) is 11.2. The molecule has 0 atom stereocenters. The summed E-state index contributed by atoms with van der Waals surface area (Å²) in [5.74, 6) is -0.796. The molecule has 0 amide bonds. The molecule has 0 heterocycles. The largest absolute Gasteiger partial charge is 0.207 e. The van der Waals surface area contributed by atoms with Crippen molar-refractivity contribution < 1.29 is 13.2 Å².